The second kappa shape index (κ2) is 4.30. The van der Waals surface area contributed by atoms with Crippen molar-refractivity contribution in [2.75, 3.05) is 0 Å². The van der Waals surface area contributed by atoms with E-state index < -0.39 is 0 Å². The predicted molar refractivity (Wildman–Crippen MR) is 63.5 cm³/mol. The number of aliphatic hydroxyl groups excluding tert-OH is 1. The van der Waals surface area contributed by atoms with Gasteiger partial charge in [0.1, 0.15) is 5.82 Å². The molecule has 1 aliphatic rings. The normalized spacial score (nSPS) is 13.9. The third-order valence-corrected chi connectivity index (χ3v) is 3.13. The van der Waals surface area contributed by atoms with Crippen molar-refractivity contribution >= 4 is 0 Å². The summed E-state index contributed by atoms with van der Waals surface area (Å²) < 4.78 is 2.01. The lowest BCUT2D eigenvalue weighted by Crippen LogP contribution is -1.97. The van der Waals surface area contributed by atoms with Crippen LogP contribution in [0.25, 0.3) is 0 Å². The van der Waals surface area contributed by atoms with Gasteiger partial charge in [-0.25, -0.2) is 9.67 Å². The molecular weight excluding hydrogens is 214 g/mol. The van der Waals surface area contributed by atoms with E-state index in [1.54, 1.807) is 0 Å². The molecule has 0 spiro atoms. The summed E-state index contributed by atoms with van der Waals surface area (Å²) in [4.78, 5) is 4.53. The second-order valence-electron chi connectivity index (χ2n) is 4.42. The highest BCUT2D eigenvalue weighted by atomic mass is 16.3. The number of rotatable bonds is 3. The molecule has 1 N–H and O–H groups in total. The molecule has 4 heteroatoms. The number of hydrogen-bond donors (Lipinski definition) is 1. The number of benzene rings is 1. The van der Waals surface area contributed by atoms with Crippen LogP contribution in [0.15, 0.2) is 24.3 Å². The van der Waals surface area contributed by atoms with Crippen LogP contribution in [0.5, 0.6) is 0 Å². The van der Waals surface area contributed by atoms with Crippen LogP contribution in [0.1, 0.15) is 29.2 Å². The van der Waals surface area contributed by atoms with Crippen LogP contribution < -0.4 is 0 Å². The zero-order valence-electron chi connectivity index (χ0n) is 9.63. The van der Waals surface area contributed by atoms with Crippen molar-refractivity contribution < 1.29 is 5.11 Å². The van der Waals surface area contributed by atoms with E-state index in [1.165, 1.54) is 12.0 Å². The number of aryl methyl sites for hydroxylation is 2. The summed E-state index contributed by atoms with van der Waals surface area (Å²) in [6.07, 6.45) is 2.99. The Morgan fingerprint density at radius 1 is 1.18 bits per heavy atom. The molecule has 0 aliphatic carbocycles. The van der Waals surface area contributed by atoms with Crippen LogP contribution in [-0.4, -0.2) is 19.9 Å². The minimum Gasteiger partial charge on any atom is -0.392 e. The van der Waals surface area contributed by atoms with Gasteiger partial charge in [-0.3, -0.25) is 0 Å². The maximum absolute atomic E-state index is 8.97. The Labute approximate surface area is 99.9 Å². The van der Waals surface area contributed by atoms with Crippen molar-refractivity contribution in [1.82, 2.24) is 14.8 Å². The molecule has 1 aromatic heterocycles. The van der Waals surface area contributed by atoms with Crippen molar-refractivity contribution in [3.05, 3.63) is 47.0 Å². The van der Waals surface area contributed by atoms with Crippen LogP contribution in [0, 0.1) is 0 Å². The van der Waals surface area contributed by atoms with Gasteiger partial charge in [0.25, 0.3) is 0 Å². The molecule has 1 aliphatic heterocycles. The predicted octanol–water partition coefficient (Wildman–Crippen LogP) is 1.31. The molecular formula is C13H15N3O. The Morgan fingerprint density at radius 2 is 1.94 bits per heavy atom. The van der Waals surface area contributed by atoms with Gasteiger partial charge < -0.3 is 5.11 Å². The van der Waals surface area contributed by atoms with Gasteiger partial charge in [-0.1, -0.05) is 24.3 Å². The average Bonchev–Trinajstić information content (AvgIpc) is 2.90. The van der Waals surface area contributed by atoms with E-state index in [4.69, 9.17) is 5.11 Å². The van der Waals surface area contributed by atoms with Gasteiger partial charge in [-0.15, -0.1) is 0 Å². The van der Waals surface area contributed by atoms with E-state index in [9.17, 15) is 0 Å². The quantitative estimate of drug-likeness (QED) is 0.863. The SMILES string of the molecule is OCc1ccc(Cc2nc3n(n2)CCC3)cc1. The van der Waals surface area contributed by atoms with Crippen LogP contribution in [-0.2, 0) is 26.0 Å². The molecule has 4 nitrogen and oxygen atoms in total. The molecule has 2 heterocycles. The second-order valence-corrected chi connectivity index (χ2v) is 4.42. The lowest BCUT2D eigenvalue weighted by Gasteiger charge is -1.99. The Bertz CT molecular complexity index is 494. The molecule has 0 atom stereocenters. The molecule has 0 saturated heterocycles. The van der Waals surface area contributed by atoms with Gasteiger partial charge in [0.2, 0.25) is 0 Å². The van der Waals surface area contributed by atoms with Gasteiger partial charge in [-0.2, -0.15) is 5.10 Å². The summed E-state index contributed by atoms with van der Waals surface area (Å²) in [7, 11) is 0. The molecule has 2 aromatic rings. The number of aliphatic hydroxyl groups is 1. The first-order chi connectivity index (χ1) is 8.35. The molecule has 0 saturated carbocycles. The molecule has 3 rings (SSSR count). The number of hydrogen-bond acceptors (Lipinski definition) is 3. The molecule has 0 amide bonds. The van der Waals surface area contributed by atoms with E-state index >= 15 is 0 Å². The fraction of sp³-hybridized carbons (Fsp3) is 0.385. The molecule has 0 bridgehead atoms. The Morgan fingerprint density at radius 3 is 2.65 bits per heavy atom. The topological polar surface area (TPSA) is 50.9 Å². The summed E-state index contributed by atoms with van der Waals surface area (Å²) in [5, 5.41) is 13.5. The van der Waals surface area contributed by atoms with E-state index in [-0.39, 0.29) is 6.61 Å². The van der Waals surface area contributed by atoms with Crippen LogP contribution in [0.3, 0.4) is 0 Å². The maximum atomic E-state index is 8.97. The molecule has 0 unspecified atom stereocenters. The van der Waals surface area contributed by atoms with Crippen LogP contribution in [0.4, 0.5) is 0 Å². The minimum atomic E-state index is 0.0945. The largest absolute Gasteiger partial charge is 0.392 e. The van der Waals surface area contributed by atoms with Gasteiger partial charge >= 0.3 is 0 Å². The fourth-order valence-electron chi connectivity index (χ4n) is 2.20. The van der Waals surface area contributed by atoms with Crippen molar-refractivity contribution in [3.63, 3.8) is 0 Å². The molecule has 0 fully saturated rings. The fourth-order valence-corrected chi connectivity index (χ4v) is 2.20. The lowest BCUT2D eigenvalue weighted by atomic mass is 10.1. The third kappa shape index (κ3) is 2.08. The zero-order chi connectivity index (χ0) is 11.7. The van der Waals surface area contributed by atoms with E-state index in [0.29, 0.717) is 0 Å². The summed E-state index contributed by atoms with van der Waals surface area (Å²) in [6, 6.07) is 7.94. The standard InChI is InChI=1S/C13H15N3O/c17-9-11-5-3-10(4-6-11)8-12-14-13-2-1-7-16(13)15-12/h3-6,17H,1-2,7-9H2. The van der Waals surface area contributed by atoms with Gasteiger partial charge in [-0.05, 0) is 17.5 Å². The number of fused-ring (bicyclic) bond motifs is 1. The van der Waals surface area contributed by atoms with Crippen LogP contribution >= 0.6 is 0 Å². The monoisotopic (exact) mass is 229 g/mol. The number of aromatic nitrogens is 3. The molecule has 1 aromatic carbocycles. The van der Waals surface area contributed by atoms with Crippen molar-refractivity contribution in [1.29, 1.82) is 0 Å². The average molecular weight is 229 g/mol. The summed E-state index contributed by atoms with van der Waals surface area (Å²) in [6.45, 7) is 1.10. The Balaban J connectivity index is 1.76. The minimum absolute atomic E-state index is 0.0945. The highest BCUT2D eigenvalue weighted by Crippen LogP contribution is 2.14. The summed E-state index contributed by atoms with van der Waals surface area (Å²) in [5.41, 5.74) is 2.13. The van der Waals surface area contributed by atoms with E-state index in [1.807, 2.05) is 28.9 Å². The Hall–Kier alpha value is -1.68. The smallest absolute Gasteiger partial charge is 0.155 e. The first kappa shape index (κ1) is 10.5. The van der Waals surface area contributed by atoms with Crippen LogP contribution in [0.2, 0.25) is 0 Å². The van der Waals surface area contributed by atoms with Crippen molar-refractivity contribution in [2.45, 2.75) is 32.4 Å². The Kier molecular flexibility index (Phi) is 2.65. The summed E-state index contributed by atoms with van der Waals surface area (Å²) >= 11 is 0. The molecule has 88 valence electrons. The van der Waals surface area contributed by atoms with Crippen molar-refractivity contribution in [2.24, 2.45) is 0 Å². The van der Waals surface area contributed by atoms with Crippen molar-refractivity contribution in [3.8, 4) is 0 Å². The zero-order valence-corrected chi connectivity index (χ0v) is 9.63. The van der Waals surface area contributed by atoms with E-state index in [2.05, 4.69) is 10.1 Å². The molecule has 0 radical (unpaired) electrons. The highest BCUT2D eigenvalue weighted by Gasteiger charge is 2.15. The van der Waals surface area contributed by atoms with Gasteiger partial charge in [0.05, 0.1) is 6.61 Å². The van der Waals surface area contributed by atoms with Gasteiger partial charge in [0, 0.05) is 19.4 Å². The first-order valence-corrected chi connectivity index (χ1v) is 5.96. The van der Waals surface area contributed by atoms with E-state index in [0.717, 1.165) is 36.6 Å². The number of nitrogens with zero attached hydrogens (tertiary/aromatic N) is 3. The highest BCUT2D eigenvalue weighted by molar-refractivity contribution is 5.24. The third-order valence-electron chi connectivity index (χ3n) is 3.13. The molecule has 17 heavy (non-hydrogen) atoms. The first-order valence-electron chi connectivity index (χ1n) is 5.96. The van der Waals surface area contributed by atoms with Gasteiger partial charge in [0.15, 0.2) is 5.82 Å². The lowest BCUT2D eigenvalue weighted by molar-refractivity contribution is 0.282. The summed E-state index contributed by atoms with van der Waals surface area (Å²) in [5.74, 6) is 2.02. The maximum Gasteiger partial charge on any atom is 0.155 e.